The maximum Gasteiger partial charge on any atom is 0.118 e. The smallest absolute Gasteiger partial charge is 0.118 e. The number of aryl methyl sites for hydroxylation is 1. The normalized spacial score (nSPS) is 9.35. The Morgan fingerprint density at radius 3 is 2.41 bits per heavy atom. The van der Waals surface area contributed by atoms with Crippen LogP contribution in [0, 0.1) is 0 Å². The van der Waals surface area contributed by atoms with E-state index < -0.39 is 0 Å². The fourth-order valence-corrected chi connectivity index (χ4v) is 1.32. The first kappa shape index (κ1) is 13.3. The number of aromatic nitrogens is 2. The lowest BCUT2D eigenvalue weighted by molar-refractivity contribution is 0.271. The quantitative estimate of drug-likeness (QED) is 0.884. The number of aliphatic hydroxyl groups is 1. The Hall–Kier alpha value is -1.81. The van der Waals surface area contributed by atoms with E-state index in [0.717, 1.165) is 18.0 Å². The van der Waals surface area contributed by atoms with E-state index in [-0.39, 0.29) is 6.61 Å². The summed E-state index contributed by atoms with van der Waals surface area (Å²) >= 11 is 0. The second-order valence-electron chi connectivity index (χ2n) is 3.35. The number of nitrogens with zero attached hydrogens (tertiary/aromatic N) is 2. The van der Waals surface area contributed by atoms with Crippen molar-refractivity contribution in [2.75, 3.05) is 7.11 Å². The van der Waals surface area contributed by atoms with Crippen LogP contribution in [-0.4, -0.2) is 21.8 Å². The van der Waals surface area contributed by atoms with E-state index in [1.165, 1.54) is 0 Å². The van der Waals surface area contributed by atoms with Crippen LogP contribution in [0.25, 0.3) is 0 Å². The SMILES string of the molecule is CCn1cncc1CO.COc1ccccc1. The summed E-state index contributed by atoms with van der Waals surface area (Å²) in [5.74, 6) is 0.910. The number of aliphatic hydroxyl groups excluding tert-OH is 1. The van der Waals surface area contributed by atoms with Crippen molar-refractivity contribution >= 4 is 0 Å². The summed E-state index contributed by atoms with van der Waals surface area (Å²) < 4.78 is 6.82. The van der Waals surface area contributed by atoms with Crippen LogP contribution in [-0.2, 0) is 13.2 Å². The zero-order valence-corrected chi connectivity index (χ0v) is 10.2. The van der Waals surface area contributed by atoms with Crippen LogP contribution in [0.4, 0.5) is 0 Å². The van der Waals surface area contributed by atoms with Gasteiger partial charge in [0.1, 0.15) is 5.75 Å². The van der Waals surface area contributed by atoms with Gasteiger partial charge in [-0.1, -0.05) is 18.2 Å². The summed E-state index contributed by atoms with van der Waals surface area (Å²) in [6, 6.07) is 9.68. The molecule has 4 heteroatoms. The number of para-hydroxylation sites is 1. The van der Waals surface area contributed by atoms with E-state index in [2.05, 4.69) is 4.98 Å². The topological polar surface area (TPSA) is 47.3 Å². The second-order valence-corrected chi connectivity index (χ2v) is 3.35. The number of benzene rings is 1. The van der Waals surface area contributed by atoms with Crippen LogP contribution in [0.1, 0.15) is 12.6 Å². The summed E-state index contributed by atoms with van der Waals surface area (Å²) in [5, 5.41) is 8.68. The summed E-state index contributed by atoms with van der Waals surface area (Å²) in [6.07, 6.45) is 3.38. The van der Waals surface area contributed by atoms with Crippen molar-refractivity contribution in [2.24, 2.45) is 0 Å². The summed E-state index contributed by atoms with van der Waals surface area (Å²) in [7, 11) is 1.66. The number of ether oxygens (including phenoxy) is 1. The van der Waals surface area contributed by atoms with E-state index in [4.69, 9.17) is 9.84 Å². The van der Waals surface area contributed by atoms with Gasteiger partial charge >= 0.3 is 0 Å². The molecule has 0 amide bonds. The van der Waals surface area contributed by atoms with Crippen LogP contribution in [0.2, 0.25) is 0 Å². The van der Waals surface area contributed by atoms with Gasteiger partial charge in [0.15, 0.2) is 0 Å². The van der Waals surface area contributed by atoms with Gasteiger partial charge in [0.05, 0.1) is 31.9 Å². The zero-order chi connectivity index (χ0) is 12.5. The van der Waals surface area contributed by atoms with Crippen LogP contribution in [0.5, 0.6) is 5.75 Å². The molecule has 0 saturated carbocycles. The van der Waals surface area contributed by atoms with E-state index in [0.29, 0.717) is 0 Å². The van der Waals surface area contributed by atoms with Crippen molar-refractivity contribution in [3.8, 4) is 5.75 Å². The molecule has 1 heterocycles. The molecule has 17 heavy (non-hydrogen) atoms. The molecule has 0 atom stereocenters. The van der Waals surface area contributed by atoms with Gasteiger partial charge in [-0.25, -0.2) is 4.98 Å². The lowest BCUT2D eigenvalue weighted by Crippen LogP contribution is -1.97. The number of hydrogen-bond donors (Lipinski definition) is 1. The standard InChI is InChI=1S/C7H8O.C6H10N2O/c1-8-7-5-3-2-4-6-7;1-2-8-5-7-3-6(8)4-9/h2-6H,1H3;3,5,9H,2,4H2,1H3. The molecule has 0 aliphatic heterocycles. The molecule has 1 aromatic heterocycles. The van der Waals surface area contributed by atoms with Gasteiger partial charge in [0.25, 0.3) is 0 Å². The highest BCUT2D eigenvalue weighted by atomic mass is 16.5. The average Bonchev–Trinajstić information content (AvgIpc) is 2.88. The van der Waals surface area contributed by atoms with E-state index in [1.54, 1.807) is 19.6 Å². The molecule has 2 aromatic rings. The zero-order valence-electron chi connectivity index (χ0n) is 10.2. The maximum absolute atomic E-state index is 8.68. The summed E-state index contributed by atoms with van der Waals surface area (Å²) in [6.45, 7) is 2.96. The molecular weight excluding hydrogens is 216 g/mol. The number of rotatable bonds is 3. The molecule has 2 rings (SSSR count). The molecule has 4 nitrogen and oxygen atoms in total. The molecule has 0 radical (unpaired) electrons. The van der Waals surface area contributed by atoms with Crippen molar-refractivity contribution in [3.05, 3.63) is 48.5 Å². The lowest BCUT2D eigenvalue weighted by atomic mass is 10.3. The third-order valence-electron chi connectivity index (χ3n) is 2.28. The molecule has 0 aliphatic rings. The number of hydrogen-bond acceptors (Lipinski definition) is 3. The second kappa shape index (κ2) is 7.46. The van der Waals surface area contributed by atoms with E-state index in [9.17, 15) is 0 Å². The Morgan fingerprint density at radius 2 is 2.00 bits per heavy atom. The predicted octanol–water partition coefficient (Wildman–Crippen LogP) is 2.09. The molecule has 1 aromatic carbocycles. The van der Waals surface area contributed by atoms with Gasteiger partial charge in [0.2, 0.25) is 0 Å². The molecule has 0 fully saturated rings. The minimum absolute atomic E-state index is 0.0772. The van der Waals surface area contributed by atoms with Gasteiger partial charge < -0.3 is 14.4 Å². The van der Waals surface area contributed by atoms with Gasteiger partial charge in [-0.05, 0) is 19.1 Å². The summed E-state index contributed by atoms with van der Waals surface area (Å²) in [5.41, 5.74) is 0.873. The van der Waals surface area contributed by atoms with Gasteiger partial charge in [0, 0.05) is 6.54 Å². The summed E-state index contributed by atoms with van der Waals surface area (Å²) in [4.78, 5) is 3.87. The maximum atomic E-state index is 8.68. The molecular formula is C13H18N2O2. The van der Waals surface area contributed by atoms with Crippen LogP contribution in [0.3, 0.4) is 0 Å². The van der Waals surface area contributed by atoms with Crippen molar-refractivity contribution in [1.82, 2.24) is 9.55 Å². The highest BCUT2D eigenvalue weighted by Gasteiger charge is 1.94. The molecule has 0 aliphatic carbocycles. The average molecular weight is 234 g/mol. The third kappa shape index (κ3) is 4.28. The first-order chi connectivity index (χ1) is 8.31. The van der Waals surface area contributed by atoms with Crippen molar-refractivity contribution in [2.45, 2.75) is 20.1 Å². The molecule has 0 bridgehead atoms. The highest BCUT2D eigenvalue weighted by Crippen LogP contribution is 2.05. The van der Waals surface area contributed by atoms with Crippen molar-refractivity contribution in [3.63, 3.8) is 0 Å². The molecule has 0 spiro atoms. The Bertz CT molecular complexity index is 394. The van der Waals surface area contributed by atoms with E-state index >= 15 is 0 Å². The first-order valence-electron chi connectivity index (χ1n) is 5.50. The fourth-order valence-electron chi connectivity index (χ4n) is 1.32. The lowest BCUT2D eigenvalue weighted by Gasteiger charge is -1.98. The fraction of sp³-hybridized carbons (Fsp3) is 0.308. The first-order valence-corrected chi connectivity index (χ1v) is 5.50. The Kier molecular flexibility index (Phi) is 5.82. The largest absolute Gasteiger partial charge is 0.497 e. The molecule has 1 N–H and O–H groups in total. The van der Waals surface area contributed by atoms with Gasteiger partial charge in [-0.15, -0.1) is 0 Å². The minimum Gasteiger partial charge on any atom is -0.497 e. The number of methoxy groups -OCH3 is 1. The van der Waals surface area contributed by atoms with Crippen LogP contribution < -0.4 is 4.74 Å². The van der Waals surface area contributed by atoms with E-state index in [1.807, 2.05) is 41.8 Å². The Morgan fingerprint density at radius 1 is 1.29 bits per heavy atom. The molecule has 0 unspecified atom stereocenters. The molecule has 0 saturated heterocycles. The van der Waals surface area contributed by atoms with Crippen molar-refractivity contribution in [1.29, 1.82) is 0 Å². The Balaban J connectivity index is 0.000000171. The predicted molar refractivity (Wildman–Crippen MR) is 66.8 cm³/mol. The van der Waals surface area contributed by atoms with Crippen LogP contribution in [0.15, 0.2) is 42.9 Å². The van der Waals surface area contributed by atoms with Crippen LogP contribution >= 0.6 is 0 Å². The van der Waals surface area contributed by atoms with Gasteiger partial charge in [-0.3, -0.25) is 0 Å². The molecule has 92 valence electrons. The number of imidazole rings is 1. The minimum atomic E-state index is 0.0772. The monoisotopic (exact) mass is 234 g/mol. The third-order valence-corrected chi connectivity index (χ3v) is 2.28. The highest BCUT2D eigenvalue weighted by molar-refractivity contribution is 5.20. The van der Waals surface area contributed by atoms with Gasteiger partial charge in [-0.2, -0.15) is 0 Å². The Labute approximate surface area is 102 Å². The van der Waals surface area contributed by atoms with Crippen molar-refractivity contribution < 1.29 is 9.84 Å².